The van der Waals surface area contributed by atoms with Crippen LogP contribution in [0.5, 0.6) is 0 Å². The minimum absolute atomic E-state index is 0.0303. The van der Waals surface area contributed by atoms with Gasteiger partial charge in [0.05, 0.1) is 17.7 Å². The number of hydrogen-bond donors (Lipinski definition) is 1. The number of aryl methyl sites for hydroxylation is 1. The van der Waals surface area contributed by atoms with E-state index >= 15 is 0 Å². The maximum absolute atomic E-state index is 12.9. The minimum Gasteiger partial charge on any atom is -0.394 e. The molecule has 0 radical (unpaired) electrons. The van der Waals surface area contributed by atoms with Gasteiger partial charge < -0.3 is 14.5 Å². The van der Waals surface area contributed by atoms with E-state index in [-0.39, 0.29) is 18.6 Å². The van der Waals surface area contributed by atoms with Crippen molar-refractivity contribution in [1.82, 2.24) is 10.1 Å². The fourth-order valence-electron chi connectivity index (χ4n) is 2.90. The van der Waals surface area contributed by atoms with E-state index in [0.29, 0.717) is 34.1 Å². The highest BCUT2D eigenvalue weighted by molar-refractivity contribution is 6.33. The van der Waals surface area contributed by atoms with Gasteiger partial charge in [-0.1, -0.05) is 35.0 Å². The number of halogens is 1. The molecule has 2 heterocycles. The largest absolute Gasteiger partial charge is 0.394 e. The van der Waals surface area contributed by atoms with E-state index in [9.17, 15) is 9.90 Å². The Morgan fingerprint density at radius 1 is 1.50 bits per heavy atom. The molecule has 0 saturated carbocycles. The zero-order valence-electron chi connectivity index (χ0n) is 12.3. The van der Waals surface area contributed by atoms with Crippen LogP contribution in [0.15, 0.2) is 28.8 Å². The van der Waals surface area contributed by atoms with Crippen LogP contribution in [-0.4, -0.2) is 40.3 Å². The molecule has 1 aromatic heterocycles. The van der Waals surface area contributed by atoms with E-state index in [1.165, 1.54) is 0 Å². The van der Waals surface area contributed by atoms with Crippen molar-refractivity contribution in [3.63, 3.8) is 0 Å². The van der Waals surface area contributed by atoms with Crippen molar-refractivity contribution in [2.75, 3.05) is 13.2 Å². The summed E-state index contributed by atoms with van der Waals surface area (Å²) in [6, 6.07) is 7.08. The van der Waals surface area contributed by atoms with Crippen molar-refractivity contribution in [3.05, 3.63) is 40.6 Å². The number of benzene rings is 1. The molecule has 3 rings (SSSR count). The van der Waals surface area contributed by atoms with Gasteiger partial charge in [-0.05, 0) is 25.8 Å². The molecule has 1 amide bonds. The quantitative estimate of drug-likeness (QED) is 0.944. The number of nitrogens with zero attached hydrogens (tertiary/aromatic N) is 2. The first-order valence-corrected chi connectivity index (χ1v) is 7.64. The summed E-state index contributed by atoms with van der Waals surface area (Å²) in [6.07, 6.45) is 1.71. The lowest BCUT2D eigenvalue weighted by Crippen LogP contribution is -2.38. The Morgan fingerprint density at radius 2 is 2.27 bits per heavy atom. The van der Waals surface area contributed by atoms with Crippen LogP contribution in [0.1, 0.15) is 29.0 Å². The summed E-state index contributed by atoms with van der Waals surface area (Å²) in [5.74, 6) is 0.300. The van der Waals surface area contributed by atoms with Crippen LogP contribution in [0.3, 0.4) is 0 Å². The first-order valence-electron chi connectivity index (χ1n) is 7.26. The van der Waals surface area contributed by atoms with Crippen molar-refractivity contribution >= 4 is 17.5 Å². The highest BCUT2D eigenvalue weighted by atomic mass is 35.5. The Balaban J connectivity index is 2.03. The monoisotopic (exact) mass is 320 g/mol. The van der Waals surface area contributed by atoms with Crippen molar-refractivity contribution < 1.29 is 14.4 Å². The summed E-state index contributed by atoms with van der Waals surface area (Å²) < 4.78 is 5.24. The fourth-order valence-corrected chi connectivity index (χ4v) is 3.12. The van der Waals surface area contributed by atoms with Crippen molar-refractivity contribution in [2.24, 2.45) is 0 Å². The molecular weight excluding hydrogens is 304 g/mol. The van der Waals surface area contributed by atoms with Crippen LogP contribution in [-0.2, 0) is 0 Å². The van der Waals surface area contributed by atoms with Crippen LogP contribution < -0.4 is 0 Å². The molecule has 5 nitrogen and oxygen atoms in total. The maximum Gasteiger partial charge on any atom is 0.260 e. The molecule has 2 aromatic rings. The number of hydrogen-bond acceptors (Lipinski definition) is 4. The molecule has 22 heavy (non-hydrogen) atoms. The SMILES string of the molecule is Cc1onc(-c2ccccc2Cl)c1C(=O)N1CCC[C@@H]1CO. The Hall–Kier alpha value is -1.85. The highest BCUT2D eigenvalue weighted by Gasteiger charge is 2.33. The van der Waals surface area contributed by atoms with Gasteiger partial charge in [-0.3, -0.25) is 4.79 Å². The van der Waals surface area contributed by atoms with Gasteiger partial charge in [-0.25, -0.2) is 0 Å². The number of carbonyl (C=O) groups is 1. The molecule has 1 fully saturated rings. The smallest absolute Gasteiger partial charge is 0.260 e. The van der Waals surface area contributed by atoms with E-state index in [2.05, 4.69) is 5.16 Å². The highest BCUT2D eigenvalue weighted by Crippen LogP contribution is 2.33. The normalized spacial score (nSPS) is 18.0. The second kappa shape index (κ2) is 6.10. The summed E-state index contributed by atoms with van der Waals surface area (Å²) in [5.41, 5.74) is 1.55. The average Bonchev–Trinajstić information content (AvgIpc) is 3.13. The Labute approximate surface area is 133 Å². The summed E-state index contributed by atoms with van der Waals surface area (Å²) in [6.45, 7) is 2.32. The number of amides is 1. The van der Waals surface area contributed by atoms with Crippen molar-refractivity contribution in [1.29, 1.82) is 0 Å². The van der Waals surface area contributed by atoms with Gasteiger partial charge in [-0.2, -0.15) is 0 Å². The van der Waals surface area contributed by atoms with Crippen LogP contribution >= 0.6 is 11.6 Å². The van der Waals surface area contributed by atoms with Crippen molar-refractivity contribution in [3.8, 4) is 11.3 Å². The summed E-state index contributed by atoms with van der Waals surface area (Å²) >= 11 is 6.21. The predicted molar refractivity (Wildman–Crippen MR) is 82.8 cm³/mol. The van der Waals surface area contributed by atoms with Crippen LogP contribution in [0.25, 0.3) is 11.3 Å². The summed E-state index contributed by atoms with van der Waals surface area (Å²) in [5, 5.41) is 14.0. The van der Waals surface area contributed by atoms with Gasteiger partial charge in [0, 0.05) is 12.1 Å². The molecular formula is C16H17ClN2O3. The number of carbonyl (C=O) groups excluding carboxylic acids is 1. The van der Waals surface area contributed by atoms with Gasteiger partial charge in [-0.15, -0.1) is 0 Å². The number of aromatic nitrogens is 1. The molecule has 1 N–H and O–H groups in total. The van der Waals surface area contributed by atoms with Crippen LogP contribution in [0.2, 0.25) is 5.02 Å². The van der Waals surface area contributed by atoms with Gasteiger partial charge in [0.15, 0.2) is 0 Å². The van der Waals surface area contributed by atoms with Gasteiger partial charge in [0.1, 0.15) is 17.0 Å². The zero-order chi connectivity index (χ0) is 15.7. The number of aliphatic hydroxyl groups excluding tert-OH is 1. The third kappa shape index (κ3) is 2.51. The minimum atomic E-state index is -0.162. The summed E-state index contributed by atoms with van der Waals surface area (Å²) in [7, 11) is 0. The van der Waals surface area contributed by atoms with Crippen molar-refractivity contribution in [2.45, 2.75) is 25.8 Å². The lowest BCUT2D eigenvalue weighted by atomic mass is 10.0. The average molecular weight is 321 g/mol. The van der Waals surface area contributed by atoms with Gasteiger partial charge in [0.2, 0.25) is 0 Å². The molecule has 1 aliphatic heterocycles. The van der Waals surface area contributed by atoms with E-state index in [1.54, 1.807) is 17.9 Å². The lowest BCUT2D eigenvalue weighted by Gasteiger charge is -2.23. The second-order valence-electron chi connectivity index (χ2n) is 5.42. The lowest BCUT2D eigenvalue weighted by molar-refractivity contribution is 0.0676. The third-order valence-corrected chi connectivity index (χ3v) is 4.38. The zero-order valence-corrected chi connectivity index (χ0v) is 13.0. The Bertz CT molecular complexity index is 698. The number of rotatable bonds is 3. The molecule has 6 heteroatoms. The maximum atomic E-state index is 12.9. The van der Waals surface area contributed by atoms with Crippen LogP contribution in [0, 0.1) is 6.92 Å². The molecule has 0 spiro atoms. The molecule has 1 aromatic carbocycles. The van der Waals surface area contributed by atoms with E-state index in [1.807, 2.05) is 18.2 Å². The first kappa shape index (κ1) is 15.1. The fraction of sp³-hybridized carbons (Fsp3) is 0.375. The number of aliphatic hydroxyl groups is 1. The second-order valence-corrected chi connectivity index (χ2v) is 5.83. The molecule has 1 atom stereocenters. The number of likely N-dealkylation sites (tertiary alicyclic amines) is 1. The third-order valence-electron chi connectivity index (χ3n) is 4.05. The van der Waals surface area contributed by atoms with E-state index in [4.69, 9.17) is 16.1 Å². The summed E-state index contributed by atoms with van der Waals surface area (Å²) in [4.78, 5) is 14.6. The topological polar surface area (TPSA) is 66.6 Å². The molecule has 0 bridgehead atoms. The molecule has 0 unspecified atom stereocenters. The van der Waals surface area contributed by atoms with Crippen LogP contribution in [0.4, 0.5) is 0 Å². The first-order chi connectivity index (χ1) is 10.6. The molecule has 1 aliphatic rings. The van der Waals surface area contributed by atoms with Gasteiger partial charge in [0.25, 0.3) is 5.91 Å². The molecule has 1 saturated heterocycles. The standard InChI is InChI=1S/C16H17ClN2O3/c1-10-14(16(21)19-8-4-5-11(19)9-20)15(18-22-10)12-6-2-3-7-13(12)17/h2-3,6-7,11,20H,4-5,8-9H2,1H3/t11-/m1/s1. The van der Waals surface area contributed by atoms with E-state index < -0.39 is 0 Å². The molecule has 0 aliphatic carbocycles. The Kier molecular flexibility index (Phi) is 4.18. The van der Waals surface area contributed by atoms with E-state index in [0.717, 1.165) is 12.8 Å². The van der Waals surface area contributed by atoms with Gasteiger partial charge >= 0.3 is 0 Å². The Morgan fingerprint density at radius 3 is 3.00 bits per heavy atom. The predicted octanol–water partition coefficient (Wildman–Crippen LogP) is 2.90. The molecule has 116 valence electrons.